The largest absolute Gasteiger partial charge is 0.390 e. The zero-order valence-corrected chi connectivity index (χ0v) is 29.4. The van der Waals surface area contributed by atoms with Gasteiger partial charge in [-0.3, -0.25) is 14.4 Å². The van der Waals surface area contributed by atoms with Crippen LogP contribution in [0.2, 0.25) is 0 Å². The summed E-state index contributed by atoms with van der Waals surface area (Å²) in [6.45, 7) is 7.11. The van der Waals surface area contributed by atoms with Crippen molar-refractivity contribution in [2.75, 3.05) is 40.3 Å². The van der Waals surface area contributed by atoms with Crippen molar-refractivity contribution >= 4 is 27.7 Å². The molecule has 3 aromatic carbocycles. The molecule has 3 N–H and O–H groups in total. The molecule has 3 rings (SSSR count). The molecule has 0 aliphatic rings. The standard InChI is InChI=1S/C36H49N5O6S/c1-6-19-40(20-7-2)36(45)30-24-28(23-29(25-30)35(44)39(4)5)34(43)37-32(22-27-15-11-9-12-16-27)33(42)26-41(21-8-3)38-48(46,47)31-17-13-10-14-18-31/h9-18,23-25,32-33,38,42H,6-8,19-22,26H2,1-5H3,(H,37,43). The quantitative estimate of drug-likeness (QED) is 0.173. The fourth-order valence-electron chi connectivity index (χ4n) is 5.32. The monoisotopic (exact) mass is 679 g/mol. The fraction of sp³-hybridized carbons (Fsp3) is 0.417. The third-order valence-corrected chi connectivity index (χ3v) is 9.04. The summed E-state index contributed by atoms with van der Waals surface area (Å²) in [6, 6.07) is 20.8. The molecule has 3 amide bonds. The number of amides is 3. The molecule has 0 aliphatic carbocycles. The summed E-state index contributed by atoms with van der Waals surface area (Å²) in [6.07, 6.45) is 1.13. The third kappa shape index (κ3) is 11.0. The van der Waals surface area contributed by atoms with Gasteiger partial charge in [0.25, 0.3) is 27.7 Å². The van der Waals surface area contributed by atoms with E-state index in [0.717, 1.165) is 18.4 Å². The van der Waals surface area contributed by atoms with Gasteiger partial charge in [-0.15, -0.1) is 4.83 Å². The van der Waals surface area contributed by atoms with Gasteiger partial charge < -0.3 is 20.2 Å². The van der Waals surface area contributed by atoms with E-state index in [0.29, 0.717) is 26.1 Å². The highest BCUT2D eigenvalue weighted by atomic mass is 32.2. The summed E-state index contributed by atoms with van der Waals surface area (Å²) >= 11 is 0. The number of nitrogens with one attached hydrogen (secondary N) is 2. The van der Waals surface area contributed by atoms with Crippen LogP contribution in [0, 0.1) is 0 Å². The number of hydrogen-bond acceptors (Lipinski definition) is 7. The molecule has 0 saturated carbocycles. The molecule has 0 aromatic heterocycles. The van der Waals surface area contributed by atoms with E-state index in [9.17, 15) is 27.9 Å². The van der Waals surface area contributed by atoms with E-state index >= 15 is 0 Å². The van der Waals surface area contributed by atoms with Crippen LogP contribution >= 0.6 is 0 Å². The van der Waals surface area contributed by atoms with E-state index in [1.165, 1.54) is 40.2 Å². The van der Waals surface area contributed by atoms with E-state index in [1.807, 2.05) is 51.1 Å². The Balaban J connectivity index is 1.96. The summed E-state index contributed by atoms with van der Waals surface area (Å²) in [5.74, 6) is -1.22. The van der Waals surface area contributed by atoms with E-state index in [4.69, 9.17) is 0 Å². The number of hydrogen-bond donors (Lipinski definition) is 3. The third-order valence-electron chi connectivity index (χ3n) is 7.65. The van der Waals surface area contributed by atoms with Crippen molar-refractivity contribution in [3.8, 4) is 0 Å². The first kappa shape index (κ1) is 38.3. The Labute approximate surface area is 285 Å². The summed E-state index contributed by atoms with van der Waals surface area (Å²) < 4.78 is 26.2. The number of rotatable bonds is 18. The van der Waals surface area contributed by atoms with Gasteiger partial charge in [0.1, 0.15) is 0 Å². The lowest BCUT2D eigenvalue weighted by Crippen LogP contribution is -2.53. The molecule has 12 heteroatoms. The van der Waals surface area contributed by atoms with E-state index in [1.54, 1.807) is 37.2 Å². The van der Waals surface area contributed by atoms with Crippen LogP contribution in [-0.2, 0) is 16.4 Å². The van der Waals surface area contributed by atoms with Gasteiger partial charge in [-0.1, -0.05) is 69.3 Å². The molecule has 0 radical (unpaired) electrons. The highest BCUT2D eigenvalue weighted by Gasteiger charge is 2.28. The number of aliphatic hydroxyl groups excluding tert-OH is 1. The van der Waals surface area contributed by atoms with Gasteiger partial charge in [0.2, 0.25) is 0 Å². The lowest BCUT2D eigenvalue weighted by atomic mass is 9.99. The summed E-state index contributed by atoms with van der Waals surface area (Å²) in [5, 5.41) is 15.9. The Bertz CT molecular complexity index is 1600. The molecule has 260 valence electrons. The van der Waals surface area contributed by atoms with Crippen molar-refractivity contribution in [1.29, 1.82) is 0 Å². The first-order chi connectivity index (χ1) is 22.9. The SMILES string of the molecule is CCCN(CC(O)C(Cc1ccccc1)NC(=O)c1cc(C(=O)N(C)C)cc(C(=O)N(CCC)CCC)c1)NS(=O)(=O)c1ccccc1. The van der Waals surface area contributed by atoms with E-state index < -0.39 is 28.1 Å². The lowest BCUT2D eigenvalue weighted by Gasteiger charge is -2.30. The predicted octanol–water partition coefficient (Wildman–Crippen LogP) is 3.96. The number of carbonyl (C=O) groups is 3. The number of benzene rings is 3. The predicted molar refractivity (Wildman–Crippen MR) is 187 cm³/mol. The zero-order valence-electron chi connectivity index (χ0n) is 28.6. The first-order valence-corrected chi connectivity index (χ1v) is 17.9. The highest BCUT2D eigenvalue weighted by molar-refractivity contribution is 7.89. The Hall–Kier alpha value is -4.10. The van der Waals surface area contributed by atoms with Crippen molar-refractivity contribution in [1.82, 2.24) is 25.0 Å². The first-order valence-electron chi connectivity index (χ1n) is 16.4. The van der Waals surface area contributed by atoms with Crippen LogP contribution < -0.4 is 10.1 Å². The minimum atomic E-state index is -3.92. The molecule has 48 heavy (non-hydrogen) atoms. The highest BCUT2D eigenvalue weighted by Crippen LogP contribution is 2.17. The molecule has 2 unspecified atom stereocenters. The Kier molecular flexibility index (Phi) is 14.7. The van der Waals surface area contributed by atoms with Crippen molar-refractivity contribution in [3.63, 3.8) is 0 Å². The maximum Gasteiger partial charge on any atom is 0.253 e. The molecule has 0 bridgehead atoms. The normalized spacial score (nSPS) is 12.7. The zero-order chi connectivity index (χ0) is 35.3. The van der Waals surface area contributed by atoms with Crippen LogP contribution in [0.5, 0.6) is 0 Å². The van der Waals surface area contributed by atoms with Crippen LogP contribution in [0.25, 0.3) is 0 Å². The van der Waals surface area contributed by atoms with Crippen LogP contribution in [0.3, 0.4) is 0 Å². The second-order valence-corrected chi connectivity index (χ2v) is 13.6. The van der Waals surface area contributed by atoms with Gasteiger partial charge >= 0.3 is 0 Å². The number of nitrogens with zero attached hydrogens (tertiary/aromatic N) is 3. The number of hydrazine groups is 1. The van der Waals surface area contributed by atoms with Crippen LogP contribution in [0.15, 0.2) is 83.8 Å². The Morgan fingerprint density at radius 2 is 1.27 bits per heavy atom. The number of carbonyl (C=O) groups excluding carboxylic acids is 3. The number of sulfonamides is 1. The van der Waals surface area contributed by atoms with Gasteiger partial charge in [-0.05, 0) is 61.6 Å². The number of aliphatic hydroxyl groups is 1. The van der Waals surface area contributed by atoms with Crippen molar-refractivity contribution in [3.05, 3.63) is 101 Å². The second kappa shape index (κ2) is 18.4. The van der Waals surface area contributed by atoms with Crippen molar-refractivity contribution < 1.29 is 27.9 Å². The molecule has 3 aromatic rings. The summed E-state index contributed by atoms with van der Waals surface area (Å²) in [4.78, 5) is 46.3. The van der Waals surface area contributed by atoms with Crippen molar-refractivity contribution in [2.45, 2.75) is 63.5 Å². The second-order valence-electron chi connectivity index (χ2n) is 12.0. The molecule has 0 fully saturated rings. The minimum absolute atomic E-state index is 0.0867. The van der Waals surface area contributed by atoms with Gasteiger partial charge in [0, 0.05) is 57.0 Å². The lowest BCUT2D eigenvalue weighted by molar-refractivity contribution is 0.0619. The minimum Gasteiger partial charge on any atom is -0.390 e. The van der Waals surface area contributed by atoms with E-state index in [2.05, 4.69) is 10.1 Å². The molecule has 2 atom stereocenters. The van der Waals surface area contributed by atoms with Crippen molar-refractivity contribution in [2.24, 2.45) is 0 Å². The Morgan fingerprint density at radius 3 is 1.81 bits per heavy atom. The van der Waals surface area contributed by atoms with Gasteiger partial charge in [-0.2, -0.15) is 0 Å². The van der Waals surface area contributed by atoms with Gasteiger partial charge in [0.05, 0.1) is 17.0 Å². The molecular formula is C36H49N5O6S. The Morgan fingerprint density at radius 1 is 0.750 bits per heavy atom. The van der Waals surface area contributed by atoms with Gasteiger partial charge in [0.15, 0.2) is 0 Å². The van der Waals surface area contributed by atoms with Crippen LogP contribution in [0.1, 0.15) is 76.7 Å². The maximum absolute atomic E-state index is 13.9. The topological polar surface area (TPSA) is 139 Å². The summed E-state index contributed by atoms with van der Waals surface area (Å²) in [7, 11) is -0.732. The maximum atomic E-state index is 13.9. The molecular weight excluding hydrogens is 630 g/mol. The smallest absolute Gasteiger partial charge is 0.253 e. The van der Waals surface area contributed by atoms with Crippen LogP contribution in [-0.4, -0.2) is 98.5 Å². The van der Waals surface area contributed by atoms with E-state index in [-0.39, 0.29) is 46.4 Å². The van der Waals surface area contributed by atoms with Crippen LogP contribution in [0.4, 0.5) is 0 Å². The average molecular weight is 680 g/mol. The fourth-order valence-corrected chi connectivity index (χ4v) is 6.45. The van der Waals surface area contributed by atoms with Gasteiger partial charge in [-0.25, -0.2) is 13.4 Å². The summed E-state index contributed by atoms with van der Waals surface area (Å²) in [5.41, 5.74) is 1.35. The molecule has 11 nitrogen and oxygen atoms in total. The average Bonchev–Trinajstić information content (AvgIpc) is 3.07. The molecule has 0 spiro atoms. The molecule has 0 aliphatic heterocycles. The molecule has 0 saturated heterocycles. The molecule has 0 heterocycles.